The summed E-state index contributed by atoms with van der Waals surface area (Å²) in [7, 11) is 1.60. The van der Waals surface area contributed by atoms with E-state index >= 15 is 0 Å². The smallest absolute Gasteiger partial charge is 0.251 e. The molecule has 8 heteroatoms. The molecule has 0 spiro atoms. The number of aromatic nitrogens is 2. The highest BCUT2D eigenvalue weighted by Gasteiger charge is 2.08. The van der Waals surface area contributed by atoms with E-state index in [2.05, 4.69) is 15.3 Å². The molecule has 0 saturated heterocycles. The number of nitrogens with zero attached hydrogens (tertiary/aromatic N) is 1. The minimum absolute atomic E-state index is 0.0325. The largest absolute Gasteiger partial charge is 0.497 e. The fourth-order valence-electron chi connectivity index (χ4n) is 2.59. The van der Waals surface area contributed by atoms with E-state index in [1.165, 1.54) is 17.8 Å². The number of carbonyl (C=O) groups excluding carboxylic acids is 1. The highest BCUT2D eigenvalue weighted by Crippen LogP contribution is 2.20. The summed E-state index contributed by atoms with van der Waals surface area (Å²) in [4.78, 5) is 31.2. The molecule has 1 aromatic heterocycles. The molecule has 2 aromatic carbocycles. The molecule has 0 bridgehead atoms. The van der Waals surface area contributed by atoms with E-state index in [0.29, 0.717) is 28.2 Å². The maximum absolute atomic E-state index is 12.2. The number of hydrogen-bond acceptors (Lipinski definition) is 5. The van der Waals surface area contributed by atoms with Crippen LogP contribution >= 0.6 is 23.4 Å². The van der Waals surface area contributed by atoms with Crippen molar-refractivity contribution in [1.29, 1.82) is 0 Å². The van der Waals surface area contributed by atoms with Crippen molar-refractivity contribution in [3.63, 3.8) is 0 Å². The molecular formula is C21H20ClN3O3S. The molecule has 0 aliphatic heterocycles. The average Bonchev–Trinajstić information content (AvgIpc) is 2.71. The molecule has 0 aliphatic rings. The number of carbonyl (C=O) groups is 1. The van der Waals surface area contributed by atoms with E-state index in [9.17, 15) is 9.59 Å². The molecule has 6 nitrogen and oxygen atoms in total. The second kappa shape index (κ2) is 10.1. The Morgan fingerprint density at radius 3 is 2.69 bits per heavy atom. The van der Waals surface area contributed by atoms with Crippen molar-refractivity contribution in [2.75, 3.05) is 7.11 Å². The van der Waals surface area contributed by atoms with E-state index < -0.39 is 0 Å². The predicted molar refractivity (Wildman–Crippen MR) is 114 cm³/mol. The molecular weight excluding hydrogens is 410 g/mol. The Labute approximate surface area is 177 Å². The van der Waals surface area contributed by atoms with Crippen LogP contribution in [0.5, 0.6) is 5.75 Å². The van der Waals surface area contributed by atoms with Crippen LogP contribution in [0.2, 0.25) is 5.02 Å². The molecule has 3 rings (SSSR count). The maximum atomic E-state index is 12.2. The summed E-state index contributed by atoms with van der Waals surface area (Å²) < 4.78 is 5.11. The average molecular weight is 430 g/mol. The number of rotatable bonds is 8. The number of nitrogens with one attached hydrogen (secondary N) is 2. The first kappa shape index (κ1) is 21.0. The van der Waals surface area contributed by atoms with Gasteiger partial charge in [0, 0.05) is 23.4 Å². The minimum atomic E-state index is -0.286. The highest BCUT2D eigenvalue weighted by atomic mass is 35.5. The molecule has 3 aromatic rings. The van der Waals surface area contributed by atoms with E-state index in [0.717, 1.165) is 16.9 Å². The van der Waals surface area contributed by atoms with Crippen LogP contribution in [0.15, 0.2) is 64.5 Å². The number of methoxy groups -OCH3 is 1. The summed E-state index contributed by atoms with van der Waals surface area (Å²) in [6, 6.07) is 16.3. The lowest BCUT2D eigenvalue weighted by Gasteiger charge is -2.07. The first-order valence-corrected chi connectivity index (χ1v) is 10.3. The molecule has 0 atom stereocenters. The van der Waals surface area contributed by atoms with Gasteiger partial charge in [-0.3, -0.25) is 9.59 Å². The maximum Gasteiger partial charge on any atom is 0.251 e. The van der Waals surface area contributed by atoms with Gasteiger partial charge in [-0.05, 0) is 35.4 Å². The van der Waals surface area contributed by atoms with Crippen molar-refractivity contribution < 1.29 is 9.53 Å². The van der Waals surface area contributed by atoms with Crippen molar-refractivity contribution in [1.82, 2.24) is 15.3 Å². The van der Waals surface area contributed by atoms with Gasteiger partial charge in [0.25, 0.3) is 5.56 Å². The van der Waals surface area contributed by atoms with Gasteiger partial charge >= 0.3 is 0 Å². The van der Waals surface area contributed by atoms with Crippen LogP contribution in [-0.4, -0.2) is 23.0 Å². The predicted octanol–water partition coefficient (Wildman–Crippen LogP) is 3.58. The summed E-state index contributed by atoms with van der Waals surface area (Å²) in [5, 5.41) is 3.96. The molecule has 0 aliphatic carbocycles. The van der Waals surface area contributed by atoms with Crippen LogP contribution in [0.4, 0.5) is 0 Å². The van der Waals surface area contributed by atoms with E-state index in [4.69, 9.17) is 16.3 Å². The van der Waals surface area contributed by atoms with Crippen molar-refractivity contribution in [2.24, 2.45) is 0 Å². The Bertz CT molecular complexity index is 1040. The third-order valence-electron chi connectivity index (χ3n) is 4.03. The lowest BCUT2D eigenvalue weighted by molar-refractivity contribution is -0.120. The summed E-state index contributed by atoms with van der Waals surface area (Å²) in [6.45, 7) is 0.391. The molecule has 0 saturated carbocycles. The summed E-state index contributed by atoms with van der Waals surface area (Å²) in [5.74, 6) is 1.16. The SMILES string of the molecule is COc1ccc(CNC(=O)Cc2cc(=O)[nH]c(SCc3cccc(Cl)c3)n2)cc1. The van der Waals surface area contributed by atoms with Gasteiger partial charge in [-0.25, -0.2) is 4.98 Å². The molecule has 0 unspecified atom stereocenters. The molecule has 2 N–H and O–H groups in total. The van der Waals surface area contributed by atoms with Crippen LogP contribution in [-0.2, 0) is 23.5 Å². The zero-order chi connectivity index (χ0) is 20.6. The normalized spacial score (nSPS) is 10.6. The number of thioether (sulfide) groups is 1. The van der Waals surface area contributed by atoms with Crippen molar-refractivity contribution >= 4 is 29.3 Å². The van der Waals surface area contributed by atoms with E-state index in [-0.39, 0.29) is 17.9 Å². The van der Waals surface area contributed by atoms with Gasteiger partial charge in [-0.15, -0.1) is 0 Å². The van der Waals surface area contributed by atoms with Crippen LogP contribution < -0.4 is 15.6 Å². The van der Waals surface area contributed by atoms with Crippen molar-refractivity contribution in [3.05, 3.63) is 86.8 Å². The summed E-state index contributed by atoms with van der Waals surface area (Å²) >= 11 is 7.37. The first-order chi connectivity index (χ1) is 14.0. The third kappa shape index (κ3) is 6.66. The Kier molecular flexibility index (Phi) is 7.32. The number of amides is 1. The van der Waals surface area contributed by atoms with E-state index in [1.807, 2.05) is 42.5 Å². The summed E-state index contributed by atoms with van der Waals surface area (Å²) in [5.41, 5.74) is 2.12. The molecule has 0 fully saturated rings. The Balaban J connectivity index is 1.57. The van der Waals surface area contributed by atoms with Gasteiger partial charge in [-0.1, -0.05) is 47.6 Å². The molecule has 29 heavy (non-hydrogen) atoms. The summed E-state index contributed by atoms with van der Waals surface area (Å²) in [6.07, 6.45) is 0.0325. The van der Waals surface area contributed by atoms with Crippen LogP contribution in [0.3, 0.4) is 0 Å². The van der Waals surface area contributed by atoms with Crippen molar-refractivity contribution in [3.8, 4) is 5.75 Å². The molecule has 1 heterocycles. The Morgan fingerprint density at radius 2 is 1.97 bits per heavy atom. The monoisotopic (exact) mass is 429 g/mol. The second-order valence-corrected chi connectivity index (χ2v) is 7.66. The zero-order valence-electron chi connectivity index (χ0n) is 15.8. The van der Waals surface area contributed by atoms with E-state index in [1.54, 1.807) is 13.2 Å². The quantitative estimate of drug-likeness (QED) is 0.422. The number of halogens is 1. The van der Waals surface area contributed by atoms with Gasteiger partial charge in [0.2, 0.25) is 5.91 Å². The van der Waals surface area contributed by atoms with Gasteiger partial charge in [0.05, 0.1) is 19.2 Å². The number of H-pyrrole nitrogens is 1. The topological polar surface area (TPSA) is 84.1 Å². The molecule has 0 radical (unpaired) electrons. The van der Waals surface area contributed by atoms with Gasteiger partial charge < -0.3 is 15.0 Å². The molecule has 150 valence electrons. The van der Waals surface area contributed by atoms with Crippen LogP contribution in [0, 0.1) is 0 Å². The Morgan fingerprint density at radius 1 is 1.17 bits per heavy atom. The number of aromatic amines is 1. The zero-order valence-corrected chi connectivity index (χ0v) is 17.3. The number of hydrogen-bond donors (Lipinski definition) is 2. The van der Waals surface area contributed by atoms with Gasteiger partial charge in [-0.2, -0.15) is 0 Å². The second-order valence-electron chi connectivity index (χ2n) is 6.26. The lowest BCUT2D eigenvalue weighted by atomic mass is 10.2. The lowest BCUT2D eigenvalue weighted by Crippen LogP contribution is -2.25. The minimum Gasteiger partial charge on any atom is -0.497 e. The standard InChI is InChI=1S/C21H20ClN3O3S/c1-28-18-7-5-14(6-8-18)12-23-19(26)10-17-11-20(27)25-21(24-17)29-13-15-3-2-4-16(22)9-15/h2-9,11H,10,12-13H2,1H3,(H,23,26)(H,24,25,27). The Hall–Kier alpha value is -2.77. The van der Waals surface area contributed by atoms with Crippen LogP contribution in [0.1, 0.15) is 16.8 Å². The molecule has 1 amide bonds. The highest BCUT2D eigenvalue weighted by molar-refractivity contribution is 7.98. The van der Waals surface area contributed by atoms with Crippen molar-refractivity contribution in [2.45, 2.75) is 23.9 Å². The van der Waals surface area contributed by atoms with Gasteiger partial charge in [0.15, 0.2) is 5.16 Å². The number of benzene rings is 2. The third-order valence-corrected chi connectivity index (χ3v) is 5.21. The van der Waals surface area contributed by atoms with Gasteiger partial charge in [0.1, 0.15) is 5.75 Å². The fraction of sp³-hybridized carbons (Fsp3) is 0.190. The number of ether oxygens (including phenoxy) is 1. The fourth-order valence-corrected chi connectivity index (χ4v) is 3.64. The van der Waals surface area contributed by atoms with Crippen LogP contribution in [0.25, 0.3) is 0 Å². The first-order valence-electron chi connectivity index (χ1n) is 8.89.